The SMILES string of the molecule is CCOc1cc(-c2cccc(CC)c2F)cc2c(NC)nc(C3=CC=CCN=C3)nc12. The van der Waals surface area contributed by atoms with Gasteiger partial charge in [-0.1, -0.05) is 37.3 Å². The molecule has 4 rings (SSSR count). The third kappa shape index (κ3) is 4.06. The number of hydrogen-bond donors (Lipinski definition) is 1. The van der Waals surface area contributed by atoms with Crippen molar-refractivity contribution in [2.45, 2.75) is 20.3 Å². The smallest absolute Gasteiger partial charge is 0.163 e. The number of ether oxygens (including phenoxy) is 1. The van der Waals surface area contributed by atoms with Gasteiger partial charge in [0.15, 0.2) is 5.82 Å². The van der Waals surface area contributed by atoms with Gasteiger partial charge in [-0.3, -0.25) is 4.99 Å². The summed E-state index contributed by atoms with van der Waals surface area (Å²) in [5.74, 6) is 1.59. The average Bonchev–Trinajstić information content (AvgIpc) is 3.08. The summed E-state index contributed by atoms with van der Waals surface area (Å²) < 4.78 is 21.0. The van der Waals surface area contributed by atoms with Crippen LogP contribution >= 0.6 is 0 Å². The minimum absolute atomic E-state index is 0.207. The van der Waals surface area contributed by atoms with Gasteiger partial charge in [0.05, 0.1) is 13.2 Å². The second-order valence-corrected chi connectivity index (χ2v) is 7.13. The third-order valence-corrected chi connectivity index (χ3v) is 5.18. The van der Waals surface area contributed by atoms with Crippen LogP contribution < -0.4 is 10.1 Å². The molecule has 0 amide bonds. The molecule has 1 aliphatic rings. The molecule has 0 fully saturated rings. The van der Waals surface area contributed by atoms with E-state index in [2.05, 4.69) is 10.3 Å². The number of benzene rings is 2. The first kappa shape index (κ1) is 20.7. The lowest BCUT2D eigenvalue weighted by Crippen LogP contribution is -2.04. The Morgan fingerprint density at radius 3 is 2.81 bits per heavy atom. The van der Waals surface area contributed by atoms with E-state index in [9.17, 15) is 0 Å². The highest BCUT2D eigenvalue weighted by atomic mass is 19.1. The van der Waals surface area contributed by atoms with Crippen LogP contribution in [0.25, 0.3) is 27.6 Å². The molecule has 5 nitrogen and oxygen atoms in total. The zero-order chi connectivity index (χ0) is 21.8. The lowest BCUT2D eigenvalue weighted by Gasteiger charge is -2.15. The fourth-order valence-electron chi connectivity index (χ4n) is 3.64. The minimum Gasteiger partial charge on any atom is -0.492 e. The lowest BCUT2D eigenvalue weighted by atomic mass is 9.99. The number of aliphatic imine (C=N–C) groups is 1. The van der Waals surface area contributed by atoms with E-state index >= 15 is 4.39 Å². The number of nitrogens with zero attached hydrogens (tertiary/aromatic N) is 3. The Morgan fingerprint density at radius 1 is 1.16 bits per heavy atom. The molecule has 0 unspecified atom stereocenters. The Bertz CT molecular complexity index is 1210. The summed E-state index contributed by atoms with van der Waals surface area (Å²) in [7, 11) is 1.81. The van der Waals surface area contributed by atoms with Gasteiger partial charge in [-0.05, 0) is 42.7 Å². The first-order valence-corrected chi connectivity index (χ1v) is 10.5. The van der Waals surface area contributed by atoms with Crippen LogP contribution in [0, 0.1) is 5.82 Å². The van der Waals surface area contributed by atoms with E-state index in [4.69, 9.17) is 14.7 Å². The van der Waals surface area contributed by atoms with Crippen molar-refractivity contribution in [3.05, 3.63) is 65.8 Å². The fourth-order valence-corrected chi connectivity index (χ4v) is 3.64. The van der Waals surface area contributed by atoms with Gasteiger partial charge in [0.1, 0.15) is 22.9 Å². The monoisotopic (exact) mass is 416 g/mol. The van der Waals surface area contributed by atoms with Crippen LogP contribution in [-0.4, -0.2) is 36.4 Å². The number of fused-ring (bicyclic) bond motifs is 1. The minimum atomic E-state index is -0.207. The summed E-state index contributed by atoms with van der Waals surface area (Å²) >= 11 is 0. The van der Waals surface area contributed by atoms with Gasteiger partial charge in [-0.25, -0.2) is 14.4 Å². The second-order valence-electron chi connectivity index (χ2n) is 7.13. The molecule has 158 valence electrons. The van der Waals surface area contributed by atoms with Gasteiger partial charge in [0, 0.05) is 29.8 Å². The zero-order valence-electron chi connectivity index (χ0n) is 17.9. The topological polar surface area (TPSA) is 59.4 Å². The first-order valence-electron chi connectivity index (χ1n) is 10.5. The number of allylic oxidation sites excluding steroid dienone is 3. The Morgan fingerprint density at radius 2 is 2.03 bits per heavy atom. The average molecular weight is 417 g/mol. The number of anilines is 1. The van der Waals surface area contributed by atoms with Crippen molar-refractivity contribution < 1.29 is 9.13 Å². The van der Waals surface area contributed by atoms with E-state index in [1.807, 2.05) is 63.4 Å². The molecule has 2 heterocycles. The predicted molar refractivity (Wildman–Crippen MR) is 126 cm³/mol. The summed E-state index contributed by atoms with van der Waals surface area (Å²) in [6.45, 7) is 4.96. The summed E-state index contributed by atoms with van der Waals surface area (Å²) in [5, 5.41) is 3.93. The highest BCUT2D eigenvalue weighted by Crippen LogP contribution is 2.36. The maximum Gasteiger partial charge on any atom is 0.163 e. The molecule has 2 aromatic carbocycles. The highest BCUT2D eigenvalue weighted by Gasteiger charge is 2.18. The molecule has 0 atom stereocenters. The van der Waals surface area contributed by atoms with Gasteiger partial charge in [0.2, 0.25) is 0 Å². The van der Waals surface area contributed by atoms with Crippen LogP contribution in [0.3, 0.4) is 0 Å². The summed E-state index contributed by atoms with van der Waals surface area (Å²) in [5.41, 5.74) is 3.45. The maximum atomic E-state index is 15.1. The quantitative estimate of drug-likeness (QED) is 0.579. The molecule has 0 saturated carbocycles. The Labute approximate surface area is 181 Å². The predicted octanol–water partition coefficient (Wildman–Crippen LogP) is 5.46. The molecule has 0 spiro atoms. The molecule has 0 bridgehead atoms. The summed E-state index contributed by atoms with van der Waals surface area (Å²) in [4.78, 5) is 13.9. The van der Waals surface area contributed by atoms with Crippen molar-refractivity contribution in [2.24, 2.45) is 4.99 Å². The number of hydrogen-bond acceptors (Lipinski definition) is 5. The van der Waals surface area contributed by atoms with Gasteiger partial charge < -0.3 is 10.1 Å². The second kappa shape index (κ2) is 9.08. The van der Waals surface area contributed by atoms with Gasteiger partial charge in [-0.15, -0.1) is 0 Å². The number of halogens is 1. The van der Waals surface area contributed by atoms with Crippen molar-refractivity contribution in [3.8, 4) is 16.9 Å². The number of aryl methyl sites for hydroxylation is 1. The molecule has 6 heteroatoms. The van der Waals surface area contributed by atoms with Crippen LogP contribution in [0.15, 0.2) is 53.6 Å². The molecule has 1 aliphatic heterocycles. The lowest BCUT2D eigenvalue weighted by molar-refractivity contribution is 0.343. The summed E-state index contributed by atoms with van der Waals surface area (Å²) in [6.07, 6.45) is 8.27. The van der Waals surface area contributed by atoms with Crippen molar-refractivity contribution in [3.63, 3.8) is 0 Å². The van der Waals surface area contributed by atoms with E-state index in [0.717, 1.165) is 16.5 Å². The van der Waals surface area contributed by atoms with E-state index in [1.165, 1.54) is 0 Å². The van der Waals surface area contributed by atoms with E-state index in [-0.39, 0.29) is 5.82 Å². The Hall–Kier alpha value is -3.54. The van der Waals surface area contributed by atoms with Crippen molar-refractivity contribution in [1.29, 1.82) is 0 Å². The van der Waals surface area contributed by atoms with E-state index in [1.54, 1.807) is 12.3 Å². The number of nitrogens with one attached hydrogen (secondary N) is 1. The van der Waals surface area contributed by atoms with Crippen molar-refractivity contribution >= 4 is 28.5 Å². The number of rotatable bonds is 6. The third-order valence-electron chi connectivity index (χ3n) is 5.18. The normalized spacial score (nSPS) is 13.2. The molecule has 0 aliphatic carbocycles. The van der Waals surface area contributed by atoms with Crippen LogP contribution in [0.2, 0.25) is 0 Å². The van der Waals surface area contributed by atoms with Gasteiger partial charge >= 0.3 is 0 Å². The fraction of sp³-hybridized carbons (Fsp3) is 0.240. The van der Waals surface area contributed by atoms with Crippen LogP contribution in [-0.2, 0) is 6.42 Å². The van der Waals surface area contributed by atoms with Gasteiger partial charge in [-0.2, -0.15) is 0 Å². The van der Waals surface area contributed by atoms with E-state index < -0.39 is 0 Å². The molecular weight excluding hydrogens is 391 g/mol. The first-order chi connectivity index (χ1) is 15.2. The molecule has 3 aromatic rings. The van der Waals surface area contributed by atoms with Crippen LogP contribution in [0.5, 0.6) is 5.75 Å². The van der Waals surface area contributed by atoms with Crippen LogP contribution in [0.1, 0.15) is 25.2 Å². The molecule has 0 saturated heterocycles. The van der Waals surface area contributed by atoms with Crippen molar-refractivity contribution in [1.82, 2.24) is 9.97 Å². The zero-order valence-corrected chi connectivity index (χ0v) is 17.9. The number of aromatic nitrogens is 2. The summed E-state index contributed by atoms with van der Waals surface area (Å²) in [6, 6.07) is 9.26. The largest absolute Gasteiger partial charge is 0.492 e. The van der Waals surface area contributed by atoms with Crippen LogP contribution in [0.4, 0.5) is 10.2 Å². The molecule has 31 heavy (non-hydrogen) atoms. The Balaban J connectivity index is 1.96. The van der Waals surface area contributed by atoms with Crippen molar-refractivity contribution in [2.75, 3.05) is 25.5 Å². The van der Waals surface area contributed by atoms with Gasteiger partial charge in [0.25, 0.3) is 0 Å². The highest BCUT2D eigenvalue weighted by molar-refractivity contribution is 6.10. The molecule has 1 N–H and O–H groups in total. The van der Waals surface area contributed by atoms with E-state index in [0.29, 0.717) is 53.6 Å². The molecular formula is C25H25FN4O. The molecule has 0 radical (unpaired) electrons. The molecule has 1 aromatic heterocycles. The standard InChI is InChI=1S/C25H25FN4O/c1-4-16-10-8-11-19(22(16)26)18-13-20-23(21(14-18)31-5-2)29-24(30-25(20)27-3)17-9-6-7-12-28-15-17/h6-11,13-15H,4-5,12H2,1-3H3,(H,27,29,30). The Kier molecular flexibility index (Phi) is 6.07. The maximum absolute atomic E-state index is 15.1.